The lowest BCUT2D eigenvalue weighted by Gasteiger charge is -2.17. The molecule has 0 bridgehead atoms. The largest absolute Gasteiger partial charge is 0.361 e. The van der Waals surface area contributed by atoms with Crippen molar-refractivity contribution in [2.24, 2.45) is 0 Å². The Hall–Kier alpha value is -2.17. The van der Waals surface area contributed by atoms with E-state index < -0.39 is 7.60 Å². The molecular weight excluding hydrogens is 275 g/mol. The third-order valence-electron chi connectivity index (χ3n) is 2.28. The van der Waals surface area contributed by atoms with Gasteiger partial charge >= 0.3 is 7.60 Å². The normalized spacial score (nSPS) is 10.3. The van der Waals surface area contributed by atoms with Crippen LogP contribution in [0.1, 0.15) is 11.1 Å². The van der Waals surface area contributed by atoms with Crippen molar-refractivity contribution in [3.05, 3.63) is 54.6 Å². The quantitative estimate of drug-likeness (QED) is 0.569. The molecule has 6 heteroatoms. The summed E-state index contributed by atoms with van der Waals surface area (Å²) in [5, 5.41) is 18.1. The Morgan fingerprint density at radius 1 is 1.10 bits per heavy atom. The molecule has 0 saturated carbocycles. The topological polar surface area (TPSA) is 83.1 Å². The van der Waals surface area contributed by atoms with Gasteiger partial charge in [0, 0.05) is 0 Å². The van der Waals surface area contributed by atoms with Crippen LogP contribution < -0.4 is 5.30 Å². The molecule has 0 aliphatic rings. The molecule has 0 radical (unpaired) electrons. The molecule has 20 heavy (non-hydrogen) atoms. The Bertz CT molecular complexity index is 625. The van der Waals surface area contributed by atoms with E-state index >= 15 is 0 Å². The van der Waals surface area contributed by atoms with E-state index in [9.17, 15) is 4.57 Å². The Kier molecular flexibility index (Phi) is 5.90. The van der Waals surface area contributed by atoms with Gasteiger partial charge in [-0.2, -0.15) is 10.5 Å². The Labute approximate surface area is 117 Å². The third kappa shape index (κ3) is 3.66. The van der Waals surface area contributed by atoms with Gasteiger partial charge in [-0.15, -0.1) is 13.2 Å². The first-order chi connectivity index (χ1) is 9.61. The van der Waals surface area contributed by atoms with Gasteiger partial charge in [0.2, 0.25) is 0 Å². The van der Waals surface area contributed by atoms with Crippen LogP contribution >= 0.6 is 7.60 Å². The van der Waals surface area contributed by atoms with Crippen LogP contribution in [0.2, 0.25) is 0 Å². The lowest BCUT2D eigenvalue weighted by Crippen LogP contribution is -2.12. The fourth-order valence-corrected chi connectivity index (χ4v) is 2.90. The minimum absolute atomic E-state index is 0.0380. The van der Waals surface area contributed by atoms with E-state index in [0.29, 0.717) is 0 Å². The first kappa shape index (κ1) is 15.9. The first-order valence-electron chi connectivity index (χ1n) is 5.67. The molecule has 102 valence electrons. The molecule has 1 aromatic carbocycles. The second-order valence-electron chi connectivity index (χ2n) is 3.62. The smallest absolute Gasteiger partial charge is 0.301 e. The monoisotopic (exact) mass is 288 g/mol. The van der Waals surface area contributed by atoms with E-state index in [0.717, 1.165) is 0 Å². The molecule has 0 aliphatic heterocycles. The van der Waals surface area contributed by atoms with Crippen molar-refractivity contribution in [3.63, 3.8) is 0 Å². The maximum Gasteiger partial charge on any atom is 0.361 e. The van der Waals surface area contributed by atoms with E-state index in [-0.39, 0.29) is 29.6 Å². The average Bonchev–Trinajstić information content (AvgIpc) is 2.50. The van der Waals surface area contributed by atoms with Gasteiger partial charge in [0.25, 0.3) is 0 Å². The van der Waals surface area contributed by atoms with Gasteiger partial charge in [0.1, 0.15) is 12.1 Å². The van der Waals surface area contributed by atoms with Gasteiger partial charge in [-0.05, 0) is 18.2 Å². The zero-order valence-electron chi connectivity index (χ0n) is 10.8. The molecule has 0 N–H and O–H groups in total. The van der Waals surface area contributed by atoms with Gasteiger partial charge < -0.3 is 9.05 Å². The van der Waals surface area contributed by atoms with Crippen LogP contribution in [0.15, 0.2) is 43.5 Å². The van der Waals surface area contributed by atoms with E-state index in [1.54, 1.807) is 0 Å². The highest BCUT2D eigenvalue weighted by Crippen LogP contribution is 2.47. The number of nitriles is 2. The highest BCUT2D eigenvalue weighted by Gasteiger charge is 2.27. The molecule has 0 saturated heterocycles. The van der Waals surface area contributed by atoms with Crippen molar-refractivity contribution < 1.29 is 13.6 Å². The van der Waals surface area contributed by atoms with Crippen LogP contribution in [0.4, 0.5) is 0 Å². The zero-order chi connectivity index (χ0) is 15.0. The van der Waals surface area contributed by atoms with E-state index in [2.05, 4.69) is 13.2 Å². The Balaban J connectivity index is 3.24. The molecule has 0 heterocycles. The summed E-state index contributed by atoms with van der Waals surface area (Å²) in [5.74, 6) is 0. The average molecular weight is 288 g/mol. The van der Waals surface area contributed by atoms with Crippen LogP contribution in [-0.2, 0) is 13.6 Å². The Morgan fingerprint density at radius 2 is 1.65 bits per heavy atom. The van der Waals surface area contributed by atoms with Crippen LogP contribution in [0, 0.1) is 22.7 Å². The van der Waals surface area contributed by atoms with Gasteiger partial charge in [-0.25, -0.2) is 0 Å². The molecule has 1 aromatic rings. The second-order valence-corrected chi connectivity index (χ2v) is 5.65. The van der Waals surface area contributed by atoms with Crippen molar-refractivity contribution in [2.45, 2.75) is 0 Å². The molecule has 0 aliphatic carbocycles. The summed E-state index contributed by atoms with van der Waals surface area (Å²) in [6.07, 6.45) is 2.89. The minimum atomic E-state index is -3.58. The molecule has 0 spiro atoms. The summed E-state index contributed by atoms with van der Waals surface area (Å²) in [6.45, 7) is 7.04. The first-order valence-corrected chi connectivity index (χ1v) is 7.21. The van der Waals surface area contributed by atoms with Crippen molar-refractivity contribution >= 4 is 12.9 Å². The highest BCUT2D eigenvalue weighted by atomic mass is 31.2. The van der Waals surface area contributed by atoms with Gasteiger partial charge in [0.05, 0.1) is 29.6 Å². The maximum atomic E-state index is 12.7. The molecular formula is C14H13N2O3P. The summed E-state index contributed by atoms with van der Waals surface area (Å²) in [5.41, 5.74) is 0.324. The summed E-state index contributed by atoms with van der Waals surface area (Å²) >= 11 is 0. The predicted octanol–water partition coefficient (Wildman–Crippen LogP) is 2.65. The fourth-order valence-electron chi connectivity index (χ4n) is 1.38. The molecule has 1 rings (SSSR count). The van der Waals surface area contributed by atoms with Gasteiger partial charge in [-0.1, -0.05) is 12.2 Å². The van der Waals surface area contributed by atoms with Crippen molar-refractivity contribution in [2.75, 3.05) is 13.2 Å². The van der Waals surface area contributed by atoms with Crippen LogP contribution in [0.5, 0.6) is 0 Å². The number of hydrogen-bond donors (Lipinski definition) is 0. The number of nitrogens with zero attached hydrogens (tertiary/aromatic N) is 2. The van der Waals surface area contributed by atoms with E-state index in [1.807, 2.05) is 12.1 Å². The molecule has 0 amide bonds. The summed E-state index contributed by atoms with van der Waals surface area (Å²) in [6, 6.07) is 7.96. The predicted molar refractivity (Wildman–Crippen MR) is 75.4 cm³/mol. The molecule has 0 atom stereocenters. The van der Waals surface area contributed by atoms with E-state index in [4.69, 9.17) is 19.6 Å². The lowest BCUT2D eigenvalue weighted by molar-refractivity contribution is 0.247. The number of benzene rings is 1. The van der Waals surface area contributed by atoms with Crippen molar-refractivity contribution in [1.29, 1.82) is 10.5 Å². The number of hydrogen-bond acceptors (Lipinski definition) is 5. The minimum Gasteiger partial charge on any atom is -0.301 e. The molecule has 0 fully saturated rings. The summed E-state index contributed by atoms with van der Waals surface area (Å²) < 4.78 is 23.1. The van der Waals surface area contributed by atoms with Crippen LogP contribution in [0.25, 0.3) is 0 Å². The zero-order valence-corrected chi connectivity index (χ0v) is 11.7. The van der Waals surface area contributed by atoms with Gasteiger partial charge in [-0.3, -0.25) is 4.57 Å². The van der Waals surface area contributed by atoms with Crippen LogP contribution in [0.3, 0.4) is 0 Å². The van der Waals surface area contributed by atoms with Crippen molar-refractivity contribution in [1.82, 2.24) is 0 Å². The number of rotatable bonds is 7. The van der Waals surface area contributed by atoms with Crippen molar-refractivity contribution in [3.8, 4) is 12.1 Å². The standard InChI is InChI=1S/C14H13N2O3P/c1-3-7-18-20(17,19-8-4-2)14-6-5-12(10-15)13(9-14)11-16/h3-6,9H,1-2,7-8H2. The fraction of sp³-hybridized carbons (Fsp3) is 0.143. The van der Waals surface area contributed by atoms with Gasteiger partial charge in [0.15, 0.2) is 0 Å². The van der Waals surface area contributed by atoms with E-state index in [1.165, 1.54) is 30.4 Å². The Morgan fingerprint density at radius 3 is 2.10 bits per heavy atom. The SMILES string of the molecule is C=CCOP(=O)(OCC=C)c1ccc(C#N)c(C#N)c1. The highest BCUT2D eigenvalue weighted by molar-refractivity contribution is 7.62. The summed E-state index contributed by atoms with van der Waals surface area (Å²) in [7, 11) is -3.58. The van der Waals surface area contributed by atoms with Crippen LogP contribution in [-0.4, -0.2) is 13.2 Å². The maximum absolute atomic E-state index is 12.7. The molecule has 0 unspecified atom stereocenters. The molecule has 0 aromatic heterocycles. The second kappa shape index (κ2) is 7.43. The third-order valence-corrected chi connectivity index (χ3v) is 4.17. The molecule has 5 nitrogen and oxygen atoms in total. The lowest BCUT2D eigenvalue weighted by atomic mass is 10.1. The summed E-state index contributed by atoms with van der Waals surface area (Å²) in [4.78, 5) is 0.